The summed E-state index contributed by atoms with van der Waals surface area (Å²) >= 11 is 0. The summed E-state index contributed by atoms with van der Waals surface area (Å²) in [6.45, 7) is 0. The molecule has 2 fully saturated rings. The first-order chi connectivity index (χ1) is 38.7. The summed E-state index contributed by atoms with van der Waals surface area (Å²) in [7, 11) is 0. The van der Waals surface area contributed by atoms with Gasteiger partial charge >= 0.3 is 0 Å². The average molecular weight is 1010 g/mol. The fraction of sp³-hybridized carbons (Fsp3) is 0.189. The number of ether oxygens (including phenoxy) is 2. The molecule has 0 amide bonds. The van der Waals surface area contributed by atoms with Crippen molar-refractivity contribution < 1.29 is 13.9 Å². The molecule has 2 aliphatic heterocycles. The van der Waals surface area contributed by atoms with Gasteiger partial charge in [-0.15, -0.1) is 0 Å². The molecule has 10 aromatic carbocycles. The third kappa shape index (κ3) is 6.12. The van der Waals surface area contributed by atoms with Crippen molar-refractivity contribution in [1.29, 1.82) is 0 Å². The molecule has 1 aromatic heterocycles. The Labute approximate surface area is 455 Å². The summed E-state index contributed by atoms with van der Waals surface area (Å²) in [4.78, 5) is 2.47. The zero-order valence-electron chi connectivity index (χ0n) is 43.6. The van der Waals surface area contributed by atoms with Crippen LogP contribution in [0.4, 0.5) is 17.1 Å². The summed E-state index contributed by atoms with van der Waals surface area (Å²) in [6.07, 6.45) is 12.7. The molecule has 4 aliphatic carbocycles. The van der Waals surface area contributed by atoms with Crippen LogP contribution in [0, 0.1) is 0 Å². The van der Waals surface area contributed by atoms with Gasteiger partial charge in [0.05, 0.1) is 16.5 Å². The monoisotopic (exact) mass is 1010 g/mol. The Morgan fingerprint density at radius 3 is 1.40 bits per heavy atom. The van der Waals surface area contributed by atoms with Gasteiger partial charge in [-0.2, -0.15) is 0 Å². The topological polar surface area (TPSA) is 34.8 Å². The van der Waals surface area contributed by atoms with Gasteiger partial charge in [0.1, 0.15) is 28.6 Å². The normalized spacial score (nSPS) is 17.0. The molecule has 0 N–H and O–H groups in total. The Balaban J connectivity index is 0.951. The van der Waals surface area contributed by atoms with Gasteiger partial charge in [-0.1, -0.05) is 190 Å². The molecule has 0 atom stereocenters. The summed E-state index contributed by atoms with van der Waals surface area (Å²) in [5.74, 6) is 4.68. The van der Waals surface area contributed by atoms with Crippen molar-refractivity contribution in [2.45, 2.75) is 86.9 Å². The van der Waals surface area contributed by atoms with E-state index in [2.05, 4.69) is 217 Å². The third-order valence-electron chi connectivity index (χ3n) is 19.2. The van der Waals surface area contributed by atoms with Crippen LogP contribution < -0.4 is 14.4 Å². The first-order valence-corrected chi connectivity index (χ1v) is 28.7. The Morgan fingerprint density at radius 2 is 0.782 bits per heavy atom. The first-order valence-electron chi connectivity index (χ1n) is 28.7. The van der Waals surface area contributed by atoms with E-state index < -0.39 is 10.8 Å². The maximum Gasteiger partial charge on any atom is 0.159 e. The van der Waals surface area contributed by atoms with Crippen molar-refractivity contribution in [3.8, 4) is 45.3 Å². The predicted octanol–water partition coefficient (Wildman–Crippen LogP) is 20.1. The molecule has 6 aliphatic rings. The van der Waals surface area contributed by atoms with Crippen LogP contribution >= 0.6 is 0 Å². The smallest absolute Gasteiger partial charge is 0.159 e. The van der Waals surface area contributed by atoms with Gasteiger partial charge in [-0.05, 0) is 154 Å². The van der Waals surface area contributed by atoms with Gasteiger partial charge in [0.2, 0.25) is 0 Å². The summed E-state index contributed by atoms with van der Waals surface area (Å²) in [5.41, 5.74) is 21.2. The number of anilines is 3. The van der Waals surface area contributed by atoms with Gasteiger partial charge in [0.15, 0.2) is 5.58 Å². The van der Waals surface area contributed by atoms with Crippen LogP contribution in [0.5, 0.6) is 23.0 Å². The second-order valence-corrected chi connectivity index (χ2v) is 23.0. The Hall–Kier alpha value is -8.60. The van der Waals surface area contributed by atoms with Crippen LogP contribution in [-0.2, 0) is 10.8 Å². The molecule has 17 rings (SSSR count). The Bertz CT molecular complexity index is 4170. The van der Waals surface area contributed by atoms with Crippen molar-refractivity contribution in [2.75, 3.05) is 4.90 Å². The molecule has 0 unspecified atom stereocenters. The number of hydrogen-bond donors (Lipinski definition) is 0. The van der Waals surface area contributed by atoms with Gasteiger partial charge in [-0.25, -0.2) is 0 Å². The van der Waals surface area contributed by atoms with Gasteiger partial charge in [-0.3, -0.25) is 0 Å². The molecule has 376 valence electrons. The number of fused-ring (bicyclic) bond motifs is 21. The van der Waals surface area contributed by atoms with Crippen molar-refractivity contribution in [3.63, 3.8) is 0 Å². The Kier molecular flexibility index (Phi) is 9.67. The maximum atomic E-state index is 7.21. The van der Waals surface area contributed by atoms with E-state index in [0.29, 0.717) is 11.8 Å². The van der Waals surface area contributed by atoms with Gasteiger partial charge in [0.25, 0.3) is 0 Å². The van der Waals surface area contributed by atoms with Crippen molar-refractivity contribution in [2.24, 2.45) is 0 Å². The largest absolute Gasteiger partial charge is 0.457 e. The minimum absolute atomic E-state index is 0.528. The molecule has 2 saturated carbocycles. The van der Waals surface area contributed by atoms with Crippen molar-refractivity contribution in [1.82, 2.24) is 0 Å². The SMILES string of the molecule is c1ccc2c(c1)Oc1ccc(N(c3ccc4c(c3)C3(c5cc(C6CCCCC6)ccc5Oc5ccc(C6CCCCC6)cc53)c3ccccc3-4)c3cccc4c3oc3ccccc34)cc1C21c2ccccc2-c2ccccc21. The van der Waals surface area contributed by atoms with E-state index in [0.717, 1.165) is 73.1 Å². The number of rotatable bonds is 5. The van der Waals surface area contributed by atoms with E-state index in [1.807, 2.05) is 0 Å². The molecular formula is C74H57NO3. The fourth-order valence-corrected chi connectivity index (χ4v) is 15.8. The minimum atomic E-state index is -0.661. The highest BCUT2D eigenvalue weighted by Gasteiger charge is 2.53. The zero-order chi connectivity index (χ0) is 51.1. The molecule has 0 bridgehead atoms. The van der Waals surface area contributed by atoms with E-state index >= 15 is 0 Å². The molecule has 4 heteroatoms. The van der Waals surface area contributed by atoms with Crippen LogP contribution in [-0.4, -0.2) is 0 Å². The highest BCUT2D eigenvalue weighted by Crippen LogP contribution is 2.66. The highest BCUT2D eigenvalue weighted by molar-refractivity contribution is 6.10. The summed E-state index contributed by atoms with van der Waals surface area (Å²) in [6, 6.07) is 79.8. The highest BCUT2D eigenvalue weighted by atomic mass is 16.5. The number of benzene rings is 10. The minimum Gasteiger partial charge on any atom is -0.457 e. The number of hydrogen-bond acceptors (Lipinski definition) is 4. The lowest BCUT2D eigenvalue weighted by molar-refractivity contribution is 0.424. The molecule has 4 nitrogen and oxygen atoms in total. The van der Waals surface area contributed by atoms with E-state index in [1.165, 1.54) is 131 Å². The van der Waals surface area contributed by atoms with E-state index in [4.69, 9.17) is 13.9 Å². The second kappa shape index (κ2) is 16.9. The molecule has 78 heavy (non-hydrogen) atoms. The molecule has 0 saturated heterocycles. The van der Waals surface area contributed by atoms with Crippen molar-refractivity contribution in [3.05, 3.63) is 268 Å². The molecular weight excluding hydrogens is 951 g/mol. The molecule has 0 radical (unpaired) electrons. The fourth-order valence-electron chi connectivity index (χ4n) is 15.8. The van der Waals surface area contributed by atoms with Crippen LogP contribution in [0.2, 0.25) is 0 Å². The van der Waals surface area contributed by atoms with Crippen LogP contribution in [0.15, 0.2) is 217 Å². The summed E-state index contributed by atoms with van der Waals surface area (Å²) in [5, 5.41) is 2.19. The maximum absolute atomic E-state index is 7.21. The van der Waals surface area contributed by atoms with E-state index in [1.54, 1.807) is 0 Å². The third-order valence-corrected chi connectivity index (χ3v) is 19.2. The molecule has 2 spiro atoms. The number of nitrogens with zero attached hydrogens (tertiary/aromatic N) is 1. The molecule has 3 heterocycles. The zero-order valence-corrected chi connectivity index (χ0v) is 43.6. The van der Waals surface area contributed by atoms with Gasteiger partial charge in [0, 0.05) is 44.4 Å². The summed E-state index contributed by atoms with van der Waals surface area (Å²) < 4.78 is 21.3. The lowest BCUT2D eigenvalue weighted by atomic mass is 9.64. The predicted molar refractivity (Wildman–Crippen MR) is 315 cm³/mol. The lowest BCUT2D eigenvalue weighted by Crippen LogP contribution is -2.33. The van der Waals surface area contributed by atoms with E-state index in [9.17, 15) is 0 Å². The second-order valence-electron chi connectivity index (χ2n) is 23.0. The van der Waals surface area contributed by atoms with Crippen LogP contribution in [0.25, 0.3) is 44.2 Å². The van der Waals surface area contributed by atoms with Crippen LogP contribution in [0.1, 0.15) is 132 Å². The average Bonchev–Trinajstić information content (AvgIpc) is 3.94. The van der Waals surface area contributed by atoms with Crippen molar-refractivity contribution >= 4 is 39.0 Å². The lowest BCUT2D eigenvalue weighted by Gasteiger charge is -2.41. The number of furan rings is 1. The quantitative estimate of drug-likeness (QED) is 0.172. The Morgan fingerprint density at radius 1 is 0.333 bits per heavy atom. The molecule has 11 aromatic rings. The van der Waals surface area contributed by atoms with E-state index in [-0.39, 0.29) is 0 Å². The standard InChI is InChI=1S/C74H57NO3/c1-3-18-46(19-4-1)48-34-39-69-63(42-48)74(64-43-49(35-40-70(64)77-69)47-20-5-2-6-21-47)60-29-13-9-24-54(60)55-38-36-50(44-62(55)74)75(66-31-17-26-57-56-25-10-15-32-67(56)78-72(57)66)51-37-41-71-65(45-51)73(61-30-14-16-33-68(61)76-71)58-27-11-7-22-52(58)53-23-8-12-28-59(53)73/h7-17,22-47H,1-6,18-21H2. The first kappa shape index (κ1) is 44.5. The number of para-hydroxylation sites is 3. The van der Waals surface area contributed by atoms with Crippen LogP contribution in [0.3, 0.4) is 0 Å². The van der Waals surface area contributed by atoms with Gasteiger partial charge < -0.3 is 18.8 Å².